The van der Waals surface area contributed by atoms with Crippen LogP contribution < -0.4 is 10.5 Å². The van der Waals surface area contributed by atoms with Gasteiger partial charge in [0.05, 0.1) is 16.4 Å². The van der Waals surface area contributed by atoms with Crippen LogP contribution in [-0.4, -0.2) is 29.1 Å². The summed E-state index contributed by atoms with van der Waals surface area (Å²) >= 11 is 0. The highest BCUT2D eigenvalue weighted by Crippen LogP contribution is 2.61. The second-order valence-electron chi connectivity index (χ2n) is 6.29. The van der Waals surface area contributed by atoms with Gasteiger partial charge in [0.2, 0.25) is 6.43 Å². The third kappa shape index (κ3) is 1.72. The molecule has 2 heterocycles. The van der Waals surface area contributed by atoms with E-state index in [4.69, 9.17) is 0 Å². The zero-order valence-electron chi connectivity index (χ0n) is 12.3. The Morgan fingerprint density at radius 1 is 1.41 bits per heavy atom. The van der Waals surface area contributed by atoms with Gasteiger partial charge in [-0.05, 0) is 31.4 Å². The molecule has 1 saturated heterocycles. The van der Waals surface area contributed by atoms with Crippen molar-refractivity contribution in [3.8, 4) is 0 Å². The van der Waals surface area contributed by atoms with E-state index in [1.54, 1.807) is 9.47 Å². The number of aryl methyl sites for hydroxylation is 1. The number of alkyl halides is 2. The van der Waals surface area contributed by atoms with Gasteiger partial charge in [0.15, 0.2) is 5.82 Å². The van der Waals surface area contributed by atoms with Crippen LogP contribution in [0.15, 0.2) is 29.1 Å². The van der Waals surface area contributed by atoms with Crippen LogP contribution in [0, 0.1) is 11.3 Å². The SMILES string of the molecule is CCn1c(=O)c(N2C[C@H]3C[C@@]3(C(F)F)C2)nc2ccccc21. The van der Waals surface area contributed by atoms with Gasteiger partial charge in [0.25, 0.3) is 5.56 Å². The first-order valence-corrected chi connectivity index (χ1v) is 7.59. The minimum Gasteiger partial charge on any atom is -0.351 e. The molecule has 1 aromatic heterocycles. The number of hydrogen-bond acceptors (Lipinski definition) is 3. The second kappa shape index (κ2) is 4.51. The van der Waals surface area contributed by atoms with Crippen molar-refractivity contribution in [2.45, 2.75) is 26.3 Å². The predicted molar refractivity (Wildman–Crippen MR) is 80.4 cm³/mol. The first-order chi connectivity index (χ1) is 10.6. The van der Waals surface area contributed by atoms with E-state index in [0.717, 1.165) is 11.0 Å². The summed E-state index contributed by atoms with van der Waals surface area (Å²) in [5.41, 5.74) is 0.417. The number of para-hydroxylation sites is 2. The maximum atomic E-state index is 13.2. The van der Waals surface area contributed by atoms with E-state index in [1.807, 2.05) is 31.2 Å². The molecule has 0 spiro atoms. The molecule has 1 aliphatic heterocycles. The van der Waals surface area contributed by atoms with Crippen molar-refractivity contribution >= 4 is 16.9 Å². The summed E-state index contributed by atoms with van der Waals surface area (Å²) in [5.74, 6) is 0.308. The van der Waals surface area contributed by atoms with Crippen LogP contribution in [0.25, 0.3) is 11.0 Å². The van der Waals surface area contributed by atoms with Gasteiger partial charge in [-0.3, -0.25) is 4.79 Å². The summed E-state index contributed by atoms with van der Waals surface area (Å²) in [4.78, 5) is 18.9. The zero-order chi connectivity index (χ0) is 15.5. The second-order valence-corrected chi connectivity index (χ2v) is 6.29. The van der Waals surface area contributed by atoms with Crippen LogP contribution >= 0.6 is 0 Å². The summed E-state index contributed by atoms with van der Waals surface area (Å²) in [5, 5.41) is 0. The van der Waals surface area contributed by atoms with Gasteiger partial charge in [-0.2, -0.15) is 0 Å². The van der Waals surface area contributed by atoms with Crippen molar-refractivity contribution < 1.29 is 8.78 Å². The molecule has 2 fully saturated rings. The molecule has 0 bridgehead atoms. The molecule has 1 saturated carbocycles. The number of nitrogens with zero attached hydrogens (tertiary/aromatic N) is 3. The highest BCUT2D eigenvalue weighted by Gasteiger charge is 2.66. The normalized spacial score (nSPS) is 26.7. The Morgan fingerprint density at radius 3 is 2.86 bits per heavy atom. The number of hydrogen-bond donors (Lipinski definition) is 0. The van der Waals surface area contributed by atoms with Gasteiger partial charge in [0.1, 0.15) is 0 Å². The molecule has 6 heteroatoms. The molecule has 22 heavy (non-hydrogen) atoms. The molecule has 1 aromatic carbocycles. The van der Waals surface area contributed by atoms with Crippen molar-refractivity contribution in [1.82, 2.24) is 9.55 Å². The Balaban J connectivity index is 1.80. The van der Waals surface area contributed by atoms with Crippen LogP contribution in [0.4, 0.5) is 14.6 Å². The number of fused-ring (bicyclic) bond motifs is 2. The molecule has 0 unspecified atom stereocenters. The van der Waals surface area contributed by atoms with Gasteiger partial charge < -0.3 is 9.47 Å². The van der Waals surface area contributed by atoms with Crippen LogP contribution in [0.1, 0.15) is 13.3 Å². The van der Waals surface area contributed by atoms with Gasteiger partial charge in [-0.1, -0.05) is 12.1 Å². The Bertz CT molecular complexity index is 804. The molecule has 4 nitrogen and oxygen atoms in total. The smallest absolute Gasteiger partial charge is 0.293 e. The fraction of sp³-hybridized carbons (Fsp3) is 0.500. The maximum Gasteiger partial charge on any atom is 0.293 e. The lowest BCUT2D eigenvalue weighted by molar-refractivity contribution is 0.0656. The van der Waals surface area contributed by atoms with Crippen molar-refractivity contribution in [2.24, 2.45) is 11.3 Å². The fourth-order valence-electron chi connectivity index (χ4n) is 3.72. The van der Waals surface area contributed by atoms with E-state index in [9.17, 15) is 13.6 Å². The lowest BCUT2D eigenvalue weighted by Crippen LogP contribution is -2.35. The number of halogens is 2. The lowest BCUT2D eigenvalue weighted by Gasteiger charge is -2.22. The van der Waals surface area contributed by atoms with E-state index in [0.29, 0.717) is 25.3 Å². The molecule has 116 valence electrons. The summed E-state index contributed by atoms with van der Waals surface area (Å²) < 4.78 is 28.1. The molecule has 2 aromatic rings. The number of anilines is 1. The number of rotatable bonds is 3. The van der Waals surface area contributed by atoms with Crippen LogP contribution in [0.3, 0.4) is 0 Å². The molecule has 2 aliphatic rings. The number of benzene rings is 1. The topological polar surface area (TPSA) is 38.1 Å². The van der Waals surface area contributed by atoms with Gasteiger partial charge in [-0.25, -0.2) is 13.8 Å². The highest BCUT2D eigenvalue weighted by atomic mass is 19.3. The number of piperidine rings is 1. The van der Waals surface area contributed by atoms with Crippen molar-refractivity contribution in [2.75, 3.05) is 18.0 Å². The standard InChI is InChI=1S/C16H17F2N3O/c1-2-21-12-6-4-3-5-11(12)19-13(14(21)22)20-8-10-7-16(10,9-20)15(17)18/h3-6,10,15H,2,7-9H2,1H3/t10-,16-/m1/s1. The first kappa shape index (κ1) is 13.7. The van der Waals surface area contributed by atoms with Crippen molar-refractivity contribution in [3.63, 3.8) is 0 Å². The average Bonchev–Trinajstić information content (AvgIpc) is 3.09. The monoisotopic (exact) mass is 305 g/mol. The molecule has 2 atom stereocenters. The van der Waals surface area contributed by atoms with Crippen LogP contribution in [-0.2, 0) is 6.54 Å². The molecule has 0 radical (unpaired) electrons. The van der Waals surface area contributed by atoms with Gasteiger partial charge in [-0.15, -0.1) is 0 Å². The highest BCUT2D eigenvalue weighted by molar-refractivity contribution is 5.76. The maximum absolute atomic E-state index is 13.2. The lowest BCUT2D eigenvalue weighted by atomic mass is 10.1. The third-order valence-electron chi connectivity index (χ3n) is 5.09. The number of aromatic nitrogens is 2. The van der Waals surface area contributed by atoms with Crippen LogP contribution in [0.2, 0.25) is 0 Å². The molecule has 0 amide bonds. The Labute approximate surface area is 126 Å². The molecular formula is C16H17F2N3O. The van der Waals surface area contributed by atoms with E-state index in [2.05, 4.69) is 4.98 Å². The zero-order valence-corrected chi connectivity index (χ0v) is 12.3. The molecule has 0 N–H and O–H groups in total. The summed E-state index contributed by atoms with van der Waals surface area (Å²) in [6, 6.07) is 7.45. The predicted octanol–water partition coefficient (Wildman–Crippen LogP) is 2.51. The molecule has 1 aliphatic carbocycles. The largest absolute Gasteiger partial charge is 0.351 e. The van der Waals surface area contributed by atoms with Gasteiger partial charge in [0, 0.05) is 19.6 Å². The van der Waals surface area contributed by atoms with E-state index in [-0.39, 0.29) is 18.0 Å². The third-order valence-corrected chi connectivity index (χ3v) is 5.09. The van der Waals surface area contributed by atoms with Crippen molar-refractivity contribution in [1.29, 1.82) is 0 Å². The fourth-order valence-corrected chi connectivity index (χ4v) is 3.72. The quantitative estimate of drug-likeness (QED) is 0.874. The minimum atomic E-state index is -2.32. The summed E-state index contributed by atoms with van der Waals surface area (Å²) in [6.45, 7) is 3.18. The summed E-state index contributed by atoms with van der Waals surface area (Å²) in [7, 11) is 0. The summed E-state index contributed by atoms with van der Waals surface area (Å²) in [6.07, 6.45) is -1.76. The van der Waals surface area contributed by atoms with Crippen LogP contribution in [0.5, 0.6) is 0 Å². The van der Waals surface area contributed by atoms with Gasteiger partial charge >= 0.3 is 0 Å². The van der Waals surface area contributed by atoms with E-state index in [1.165, 1.54) is 0 Å². The average molecular weight is 305 g/mol. The molecular weight excluding hydrogens is 288 g/mol. The molecule has 4 rings (SSSR count). The minimum absolute atomic E-state index is 0.00440. The Morgan fingerprint density at radius 2 is 2.18 bits per heavy atom. The van der Waals surface area contributed by atoms with E-state index >= 15 is 0 Å². The Hall–Kier alpha value is -1.98. The van der Waals surface area contributed by atoms with E-state index < -0.39 is 11.8 Å². The Kier molecular flexibility index (Phi) is 2.80. The first-order valence-electron chi connectivity index (χ1n) is 7.59. The van der Waals surface area contributed by atoms with Crippen molar-refractivity contribution in [3.05, 3.63) is 34.6 Å².